The zero-order valence-electron chi connectivity index (χ0n) is 11.1. The molecular weight excluding hydrogens is 264 g/mol. The summed E-state index contributed by atoms with van der Waals surface area (Å²) < 4.78 is 31.8. The van der Waals surface area contributed by atoms with Crippen molar-refractivity contribution in [2.24, 2.45) is 0 Å². The van der Waals surface area contributed by atoms with Crippen LogP contribution in [-0.2, 0) is 16.6 Å². The number of aryl methyl sites for hydroxylation is 3. The number of hydrogen-bond acceptors (Lipinski definition) is 4. The first-order valence-electron chi connectivity index (χ1n) is 5.87. The van der Waals surface area contributed by atoms with Crippen molar-refractivity contribution < 1.29 is 12.9 Å². The molecule has 2 aromatic rings. The van der Waals surface area contributed by atoms with Crippen molar-refractivity contribution in [2.45, 2.75) is 32.2 Å². The van der Waals surface area contributed by atoms with E-state index in [0.717, 1.165) is 11.1 Å². The molecule has 0 radical (unpaired) electrons. The fourth-order valence-electron chi connectivity index (χ4n) is 1.74. The highest BCUT2D eigenvalue weighted by molar-refractivity contribution is 7.89. The van der Waals surface area contributed by atoms with Crippen LogP contribution in [0.1, 0.15) is 22.6 Å². The van der Waals surface area contributed by atoms with E-state index in [2.05, 4.69) is 9.88 Å². The van der Waals surface area contributed by atoms with Crippen LogP contribution in [0.15, 0.2) is 33.7 Å². The van der Waals surface area contributed by atoms with Crippen molar-refractivity contribution >= 4 is 10.0 Å². The van der Waals surface area contributed by atoms with E-state index in [4.69, 9.17) is 4.52 Å². The summed E-state index contributed by atoms with van der Waals surface area (Å²) in [6.45, 7) is 5.51. The lowest BCUT2D eigenvalue weighted by Gasteiger charge is -2.09. The summed E-state index contributed by atoms with van der Waals surface area (Å²) in [5.41, 5.74) is 2.18. The van der Waals surface area contributed by atoms with Crippen molar-refractivity contribution in [1.82, 2.24) is 9.88 Å². The lowest BCUT2D eigenvalue weighted by molar-refractivity contribution is 0.390. The molecule has 0 spiro atoms. The highest BCUT2D eigenvalue weighted by Gasteiger charge is 2.17. The molecule has 1 N–H and O–H groups in total. The zero-order valence-corrected chi connectivity index (χ0v) is 11.9. The van der Waals surface area contributed by atoms with Gasteiger partial charge < -0.3 is 4.52 Å². The largest absolute Gasteiger partial charge is 0.361 e. The predicted octanol–water partition coefficient (Wildman–Crippen LogP) is 2.08. The molecule has 0 fully saturated rings. The van der Waals surface area contributed by atoms with Crippen molar-refractivity contribution in [1.29, 1.82) is 0 Å². The average Bonchev–Trinajstić information content (AvgIpc) is 2.76. The molecule has 0 saturated heterocycles. The third-order valence-corrected chi connectivity index (χ3v) is 4.30. The summed E-state index contributed by atoms with van der Waals surface area (Å²) in [4.78, 5) is 0.299. The Kier molecular flexibility index (Phi) is 3.73. The van der Waals surface area contributed by atoms with Crippen LogP contribution in [-0.4, -0.2) is 13.6 Å². The van der Waals surface area contributed by atoms with E-state index in [-0.39, 0.29) is 6.54 Å². The number of sulfonamides is 1. The van der Waals surface area contributed by atoms with Gasteiger partial charge in [0.2, 0.25) is 10.0 Å². The number of nitrogens with one attached hydrogen (secondary N) is 1. The van der Waals surface area contributed by atoms with Gasteiger partial charge in [0, 0.05) is 6.07 Å². The van der Waals surface area contributed by atoms with Crippen molar-refractivity contribution in [3.05, 3.63) is 46.8 Å². The Hall–Kier alpha value is -1.66. The minimum Gasteiger partial charge on any atom is -0.361 e. The SMILES string of the molecule is Cc1ccc(C)c(S(=O)(=O)NCc2cc(C)on2)c1. The molecule has 0 amide bonds. The molecule has 0 atom stereocenters. The Morgan fingerprint density at radius 3 is 2.58 bits per heavy atom. The molecule has 6 heteroatoms. The minimum atomic E-state index is -3.53. The summed E-state index contributed by atoms with van der Waals surface area (Å²) in [5.74, 6) is 0.654. The Bertz CT molecular complexity index is 690. The van der Waals surface area contributed by atoms with Crippen LogP contribution >= 0.6 is 0 Å². The Morgan fingerprint density at radius 1 is 1.21 bits per heavy atom. The van der Waals surface area contributed by atoms with Crippen LogP contribution in [0.5, 0.6) is 0 Å². The van der Waals surface area contributed by atoms with Gasteiger partial charge in [-0.05, 0) is 38.0 Å². The number of rotatable bonds is 4. The van der Waals surface area contributed by atoms with Crippen molar-refractivity contribution in [3.8, 4) is 0 Å². The van der Waals surface area contributed by atoms with Crippen molar-refractivity contribution in [3.63, 3.8) is 0 Å². The van der Waals surface area contributed by atoms with Gasteiger partial charge in [0.25, 0.3) is 0 Å². The van der Waals surface area contributed by atoms with Crippen LogP contribution in [0.4, 0.5) is 0 Å². The summed E-state index contributed by atoms with van der Waals surface area (Å²) >= 11 is 0. The van der Waals surface area contributed by atoms with Gasteiger partial charge in [-0.1, -0.05) is 17.3 Å². The lowest BCUT2D eigenvalue weighted by Crippen LogP contribution is -2.24. The second-order valence-electron chi connectivity index (χ2n) is 4.52. The van der Waals surface area contributed by atoms with Crippen LogP contribution in [0.2, 0.25) is 0 Å². The fourth-order valence-corrected chi connectivity index (χ4v) is 3.07. The molecule has 0 aliphatic heterocycles. The van der Waals surface area contributed by atoms with Gasteiger partial charge in [0.15, 0.2) is 0 Å². The molecular formula is C13H16N2O3S. The standard InChI is InChI=1S/C13H16N2O3S/c1-9-4-5-10(2)13(6-9)19(16,17)14-8-12-7-11(3)18-15-12/h4-7,14H,8H2,1-3H3. The predicted molar refractivity (Wildman–Crippen MR) is 71.2 cm³/mol. The summed E-state index contributed by atoms with van der Waals surface area (Å²) in [7, 11) is -3.53. The van der Waals surface area contributed by atoms with Crippen LogP contribution in [0, 0.1) is 20.8 Å². The van der Waals surface area contributed by atoms with E-state index in [0.29, 0.717) is 16.3 Å². The smallest absolute Gasteiger partial charge is 0.241 e. The van der Waals surface area contributed by atoms with Crippen LogP contribution in [0.3, 0.4) is 0 Å². The molecule has 0 bridgehead atoms. The molecule has 19 heavy (non-hydrogen) atoms. The zero-order chi connectivity index (χ0) is 14.0. The second-order valence-corrected chi connectivity index (χ2v) is 6.26. The van der Waals surface area contributed by atoms with Gasteiger partial charge in [-0.25, -0.2) is 13.1 Å². The molecule has 102 valence electrons. The van der Waals surface area contributed by atoms with Gasteiger partial charge in [-0.15, -0.1) is 0 Å². The first-order chi connectivity index (χ1) is 8.88. The maximum Gasteiger partial charge on any atom is 0.241 e. The van der Waals surface area contributed by atoms with Gasteiger partial charge in [-0.3, -0.25) is 0 Å². The van der Waals surface area contributed by atoms with E-state index in [1.54, 1.807) is 32.0 Å². The van der Waals surface area contributed by atoms with Crippen LogP contribution < -0.4 is 4.72 Å². The quantitative estimate of drug-likeness (QED) is 0.930. The molecule has 1 heterocycles. The number of aromatic nitrogens is 1. The minimum absolute atomic E-state index is 0.118. The average molecular weight is 280 g/mol. The first-order valence-corrected chi connectivity index (χ1v) is 7.36. The number of benzene rings is 1. The molecule has 0 aliphatic carbocycles. The second kappa shape index (κ2) is 5.14. The Labute approximate surface area is 112 Å². The van der Waals surface area contributed by atoms with E-state index in [1.165, 1.54) is 0 Å². The maximum absolute atomic E-state index is 12.2. The Morgan fingerprint density at radius 2 is 1.95 bits per heavy atom. The van der Waals surface area contributed by atoms with Gasteiger partial charge >= 0.3 is 0 Å². The molecule has 0 aliphatic rings. The molecule has 0 saturated carbocycles. The topological polar surface area (TPSA) is 72.2 Å². The summed E-state index contributed by atoms with van der Waals surface area (Å²) in [5, 5.41) is 3.75. The van der Waals surface area contributed by atoms with Crippen LogP contribution in [0.25, 0.3) is 0 Å². The molecule has 2 rings (SSSR count). The highest BCUT2D eigenvalue weighted by atomic mass is 32.2. The van der Waals surface area contributed by atoms with E-state index < -0.39 is 10.0 Å². The highest BCUT2D eigenvalue weighted by Crippen LogP contribution is 2.16. The third kappa shape index (κ3) is 3.21. The molecule has 1 aromatic carbocycles. The Balaban J connectivity index is 2.20. The van der Waals surface area contributed by atoms with E-state index in [9.17, 15) is 8.42 Å². The fraction of sp³-hybridized carbons (Fsp3) is 0.308. The normalized spacial score (nSPS) is 11.7. The van der Waals surface area contributed by atoms with Crippen molar-refractivity contribution in [2.75, 3.05) is 0 Å². The number of hydrogen-bond donors (Lipinski definition) is 1. The molecule has 0 unspecified atom stereocenters. The summed E-state index contributed by atoms with van der Waals surface area (Å²) in [6.07, 6.45) is 0. The van der Waals surface area contributed by atoms with E-state index in [1.807, 2.05) is 13.0 Å². The summed E-state index contributed by atoms with van der Waals surface area (Å²) in [6, 6.07) is 7.04. The first kappa shape index (κ1) is 13.8. The van der Waals surface area contributed by atoms with Gasteiger partial charge in [-0.2, -0.15) is 0 Å². The van der Waals surface area contributed by atoms with Gasteiger partial charge in [0.05, 0.1) is 17.1 Å². The lowest BCUT2D eigenvalue weighted by atomic mass is 10.2. The molecule has 5 nitrogen and oxygen atoms in total. The number of nitrogens with zero attached hydrogens (tertiary/aromatic N) is 1. The van der Waals surface area contributed by atoms with Gasteiger partial charge in [0.1, 0.15) is 5.76 Å². The molecule has 1 aromatic heterocycles. The maximum atomic E-state index is 12.2. The van der Waals surface area contributed by atoms with E-state index >= 15 is 0 Å². The third-order valence-electron chi connectivity index (χ3n) is 2.75. The monoisotopic (exact) mass is 280 g/mol.